The summed E-state index contributed by atoms with van der Waals surface area (Å²) in [6.07, 6.45) is 6.45. The van der Waals surface area contributed by atoms with Crippen molar-refractivity contribution in [3.8, 4) is 0 Å². The van der Waals surface area contributed by atoms with Crippen LogP contribution in [0.4, 0.5) is 5.69 Å². The van der Waals surface area contributed by atoms with Crippen molar-refractivity contribution in [1.82, 2.24) is 4.98 Å². The number of amidine groups is 1. The van der Waals surface area contributed by atoms with E-state index in [-0.39, 0.29) is 5.84 Å². The zero-order valence-corrected chi connectivity index (χ0v) is 6.49. The number of pyridine rings is 1. The Balaban J connectivity index is 2.49. The van der Waals surface area contributed by atoms with Crippen LogP contribution in [-0.4, -0.2) is 10.8 Å². The van der Waals surface area contributed by atoms with E-state index in [1.807, 2.05) is 12.1 Å². The van der Waals surface area contributed by atoms with E-state index >= 15 is 0 Å². The van der Waals surface area contributed by atoms with Gasteiger partial charge in [-0.1, -0.05) is 0 Å². The van der Waals surface area contributed by atoms with Gasteiger partial charge in [-0.3, -0.25) is 10.4 Å². The van der Waals surface area contributed by atoms with Crippen LogP contribution in [0.5, 0.6) is 0 Å². The van der Waals surface area contributed by atoms with Gasteiger partial charge >= 0.3 is 0 Å². The maximum atomic E-state index is 6.90. The van der Waals surface area contributed by atoms with Gasteiger partial charge in [0.15, 0.2) is 0 Å². The molecular formula is C8H10N4. The van der Waals surface area contributed by atoms with Crippen LogP contribution in [0.3, 0.4) is 0 Å². The molecule has 12 heavy (non-hydrogen) atoms. The molecule has 4 heteroatoms. The van der Waals surface area contributed by atoms with E-state index in [4.69, 9.17) is 11.1 Å². The van der Waals surface area contributed by atoms with Gasteiger partial charge in [0.25, 0.3) is 0 Å². The molecule has 0 amide bonds. The zero-order chi connectivity index (χ0) is 8.81. The molecule has 1 rings (SSSR count). The minimum Gasteiger partial charge on any atom is -0.384 e. The summed E-state index contributed by atoms with van der Waals surface area (Å²) in [4.78, 5) is 3.86. The average Bonchev–Trinajstić information content (AvgIpc) is 2.05. The summed E-state index contributed by atoms with van der Waals surface area (Å²) >= 11 is 0. The van der Waals surface area contributed by atoms with Gasteiger partial charge in [0, 0.05) is 24.3 Å². The molecule has 0 saturated carbocycles. The van der Waals surface area contributed by atoms with Crippen LogP contribution in [-0.2, 0) is 0 Å². The SMILES string of the molecule is N=C(N)/C=C\Nc1ccncc1. The molecule has 0 aliphatic heterocycles. The smallest absolute Gasteiger partial charge is 0.116 e. The maximum absolute atomic E-state index is 6.90. The van der Waals surface area contributed by atoms with E-state index in [9.17, 15) is 0 Å². The summed E-state index contributed by atoms with van der Waals surface area (Å²) in [6, 6.07) is 3.65. The number of aromatic nitrogens is 1. The maximum Gasteiger partial charge on any atom is 0.116 e. The molecule has 0 aliphatic carbocycles. The highest BCUT2D eigenvalue weighted by atomic mass is 14.8. The Bertz CT molecular complexity index is 278. The number of nitrogens with zero attached hydrogens (tertiary/aromatic N) is 1. The zero-order valence-electron chi connectivity index (χ0n) is 6.49. The van der Waals surface area contributed by atoms with Gasteiger partial charge < -0.3 is 11.1 Å². The predicted molar refractivity (Wildman–Crippen MR) is 48.9 cm³/mol. The van der Waals surface area contributed by atoms with Gasteiger partial charge in [-0.05, 0) is 18.2 Å². The summed E-state index contributed by atoms with van der Waals surface area (Å²) in [5, 5.41) is 9.83. The number of nitrogens with two attached hydrogens (primary N) is 1. The van der Waals surface area contributed by atoms with Gasteiger partial charge in [-0.15, -0.1) is 0 Å². The molecule has 0 radical (unpaired) electrons. The third kappa shape index (κ3) is 2.83. The van der Waals surface area contributed by atoms with E-state index < -0.39 is 0 Å². The first-order chi connectivity index (χ1) is 5.79. The number of hydrogen-bond acceptors (Lipinski definition) is 3. The summed E-state index contributed by atoms with van der Waals surface area (Å²) in [6.45, 7) is 0. The molecule has 4 nitrogen and oxygen atoms in total. The number of anilines is 1. The fraction of sp³-hybridized carbons (Fsp3) is 0. The highest BCUT2D eigenvalue weighted by molar-refractivity contribution is 5.88. The van der Waals surface area contributed by atoms with E-state index in [0.717, 1.165) is 5.69 Å². The van der Waals surface area contributed by atoms with Crippen LogP contribution in [0.2, 0.25) is 0 Å². The number of hydrogen-bond donors (Lipinski definition) is 3. The van der Waals surface area contributed by atoms with Crippen molar-refractivity contribution in [3.63, 3.8) is 0 Å². The Morgan fingerprint density at radius 3 is 2.75 bits per heavy atom. The van der Waals surface area contributed by atoms with Gasteiger partial charge in [0.2, 0.25) is 0 Å². The summed E-state index contributed by atoms with van der Waals surface area (Å²) in [5.41, 5.74) is 6.02. The van der Waals surface area contributed by atoms with Crippen LogP contribution in [0.15, 0.2) is 36.8 Å². The Morgan fingerprint density at radius 1 is 1.50 bits per heavy atom. The van der Waals surface area contributed by atoms with Crippen molar-refractivity contribution in [2.75, 3.05) is 5.32 Å². The Hall–Kier alpha value is -1.84. The first-order valence-electron chi connectivity index (χ1n) is 3.46. The Morgan fingerprint density at radius 2 is 2.17 bits per heavy atom. The van der Waals surface area contributed by atoms with Crippen molar-refractivity contribution < 1.29 is 0 Å². The van der Waals surface area contributed by atoms with Crippen molar-refractivity contribution in [3.05, 3.63) is 36.8 Å². The van der Waals surface area contributed by atoms with Gasteiger partial charge in [-0.2, -0.15) is 0 Å². The molecule has 1 heterocycles. The highest BCUT2D eigenvalue weighted by Gasteiger charge is 1.83. The fourth-order valence-electron chi connectivity index (χ4n) is 0.676. The number of nitrogens with one attached hydrogen (secondary N) is 2. The molecule has 0 spiro atoms. The molecule has 0 saturated heterocycles. The Labute approximate surface area is 70.6 Å². The lowest BCUT2D eigenvalue weighted by Crippen LogP contribution is -2.05. The molecule has 0 atom stereocenters. The molecule has 0 aliphatic rings. The summed E-state index contributed by atoms with van der Waals surface area (Å²) < 4.78 is 0. The highest BCUT2D eigenvalue weighted by Crippen LogP contribution is 2.01. The monoisotopic (exact) mass is 162 g/mol. The van der Waals surface area contributed by atoms with Crippen molar-refractivity contribution in [2.45, 2.75) is 0 Å². The minimum atomic E-state index is 0.0246. The standard InChI is InChI=1S/C8H10N4/c9-8(10)3-6-12-7-1-4-11-5-2-7/h1-6H,(H3,9,10)(H,11,12)/b6-3-. The van der Waals surface area contributed by atoms with Crippen LogP contribution in [0.1, 0.15) is 0 Å². The van der Waals surface area contributed by atoms with Crippen molar-refractivity contribution in [1.29, 1.82) is 5.41 Å². The lowest BCUT2D eigenvalue weighted by molar-refractivity contribution is 1.32. The van der Waals surface area contributed by atoms with Crippen LogP contribution >= 0.6 is 0 Å². The van der Waals surface area contributed by atoms with E-state index in [2.05, 4.69) is 10.3 Å². The lowest BCUT2D eigenvalue weighted by Gasteiger charge is -1.97. The molecule has 1 aromatic rings. The summed E-state index contributed by atoms with van der Waals surface area (Å²) in [7, 11) is 0. The molecule has 0 bridgehead atoms. The van der Waals surface area contributed by atoms with E-state index in [0.29, 0.717) is 0 Å². The van der Waals surface area contributed by atoms with Crippen LogP contribution < -0.4 is 11.1 Å². The largest absolute Gasteiger partial charge is 0.384 e. The van der Waals surface area contributed by atoms with E-state index in [1.54, 1.807) is 18.6 Å². The topological polar surface area (TPSA) is 74.8 Å². The molecule has 1 aromatic heterocycles. The quantitative estimate of drug-likeness (QED) is 0.457. The molecule has 62 valence electrons. The van der Waals surface area contributed by atoms with Gasteiger partial charge in [-0.25, -0.2) is 0 Å². The second-order valence-electron chi connectivity index (χ2n) is 2.17. The molecule has 0 aromatic carbocycles. The lowest BCUT2D eigenvalue weighted by atomic mass is 10.4. The van der Waals surface area contributed by atoms with Crippen LogP contribution in [0.25, 0.3) is 0 Å². The predicted octanol–water partition coefficient (Wildman–Crippen LogP) is 0.943. The van der Waals surface area contributed by atoms with Gasteiger partial charge in [0.1, 0.15) is 5.84 Å². The second-order valence-corrected chi connectivity index (χ2v) is 2.17. The van der Waals surface area contributed by atoms with Crippen molar-refractivity contribution >= 4 is 11.5 Å². The molecule has 4 N–H and O–H groups in total. The van der Waals surface area contributed by atoms with Crippen molar-refractivity contribution in [2.24, 2.45) is 5.73 Å². The first-order valence-corrected chi connectivity index (χ1v) is 3.46. The minimum absolute atomic E-state index is 0.0246. The van der Waals surface area contributed by atoms with Gasteiger partial charge in [0.05, 0.1) is 0 Å². The normalized spacial score (nSPS) is 10.0. The fourth-order valence-corrected chi connectivity index (χ4v) is 0.676. The van der Waals surface area contributed by atoms with E-state index in [1.165, 1.54) is 6.08 Å². The third-order valence-corrected chi connectivity index (χ3v) is 1.19. The molecule has 0 fully saturated rings. The first kappa shape index (κ1) is 8.26. The number of rotatable bonds is 3. The summed E-state index contributed by atoms with van der Waals surface area (Å²) in [5.74, 6) is 0.0246. The Kier molecular flexibility index (Phi) is 2.84. The van der Waals surface area contributed by atoms with Crippen LogP contribution in [0, 0.1) is 5.41 Å². The third-order valence-electron chi connectivity index (χ3n) is 1.19. The second kappa shape index (κ2) is 4.12. The molecule has 0 unspecified atom stereocenters. The average molecular weight is 162 g/mol. The molecular weight excluding hydrogens is 152 g/mol.